The van der Waals surface area contributed by atoms with Crippen molar-refractivity contribution >= 4 is 17.3 Å². The zero-order valence-electron chi connectivity index (χ0n) is 17.3. The zero-order valence-corrected chi connectivity index (χ0v) is 18.1. The summed E-state index contributed by atoms with van der Waals surface area (Å²) in [6.45, 7) is 2.71. The summed E-state index contributed by atoms with van der Waals surface area (Å²) in [4.78, 5) is 0. The van der Waals surface area contributed by atoms with Gasteiger partial charge in [0, 0.05) is 13.1 Å². The Hall–Kier alpha value is -2.89. The third kappa shape index (κ3) is 7.50. The van der Waals surface area contributed by atoms with E-state index in [9.17, 15) is 0 Å². The van der Waals surface area contributed by atoms with Crippen LogP contribution >= 0.6 is 12.2 Å². The van der Waals surface area contributed by atoms with E-state index in [-0.39, 0.29) is 0 Å². The summed E-state index contributed by atoms with van der Waals surface area (Å²) in [5, 5.41) is 7.18. The third-order valence-corrected chi connectivity index (χ3v) is 5.00. The molecule has 0 atom stereocenters. The first-order valence-corrected chi connectivity index (χ1v) is 10.5. The van der Waals surface area contributed by atoms with Gasteiger partial charge in [-0.25, -0.2) is 0 Å². The number of nitrogens with one attached hydrogen (secondary N) is 2. The first-order chi connectivity index (χ1) is 14.7. The summed E-state index contributed by atoms with van der Waals surface area (Å²) >= 11 is 5.38. The molecule has 0 unspecified atom stereocenters. The molecule has 0 aliphatic heterocycles. The van der Waals surface area contributed by atoms with Crippen LogP contribution in [0, 0.1) is 0 Å². The van der Waals surface area contributed by atoms with Crippen LogP contribution in [0.3, 0.4) is 0 Å². The number of rotatable bonds is 10. The molecule has 3 aromatic carbocycles. The molecule has 3 aromatic rings. The molecule has 4 nitrogen and oxygen atoms in total. The highest BCUT2D eigenvalue weighted by molar-refractivity contribution is 7.80. The Morgan fingerprint density at radius 2 is 1.33 bits per heavy atom. The summed E-state index contributed by atoms with van der Waals surface area (Å²) in [5.74, 6) is 0.873. The summed E-state index contributed by atoms with van der Waals surface area (Å²) in [5.41, 5.74) is 4.78. The Balaban J connectivity index is 1.32. The third-order valence-electron chi connectivity index (χ3n) is 4.71. The first kappa shape index (κ1) is 21.8. The molecule has 5 heteroatoms. The lowest BCUT2D eigenvalue weighted by Crippen LogP contribution is -2.35. The van der Waals surface area contributed by atoms with E-state index in [1.165, 1.54) is 16.7 Å². The lowest BCUT2D eigenvalue weighted by Gasteiger charge is -2.11. The minimum Gasteiger partial charge on any atom is -0.497 e. The van der Waals surface area contributed by atoms with Crippen LogP contribution in [0.4, 0.5) is 0 Å². The zero-order chi connectivity index (χ0) is 21.0. The number of ether oxygens (including phenoxy) is 2. The van der Waals surface area contributed by atoms with Crippen LogP contribution in [0.1, 0.15) is 22.3 Å². The summed E-state index contributed by atoms with van der Waals surface area (Å²) in [6, 6.07) is 26.7. The van der Waals surface area contributed by atoms with Crippen LogP contribution in [0.15, 0.2) is 78.9 Å². The van der Waals surface area contributed by atoms with Gasteiger partial charge in [-0.3, -0.25) is 0 Å². The molecule has 0 saturated carbocycles. The molecule has 156 valence electrons. The van der Waals surface area contributed by atoms with Crippen LogP contribution in [0.5, 0.6) is 5.75 Å². The summed E-state index contributed by atoms with van der Waals surface area (Å²) in [7, 11) is 1.67. The van der Waals surface area contributed by atoms with Crippen molar-refractivity contribution in [1.82, 2.24) is 10.6 Å². The van der Waals surface area contributed by atoms with E-state index >= 15 is 0 Å². The Labute approximate surface area is 184 Å². The van der Waals surface area contributed by atoms with Crippen LogP contribution < -0.4 is 15.4 Å². The number of thiocarbonyl (C=S) groups is 1. The van der Waals surface area contributed by atoms with Crippen molar-refractivity contribution in [2.24, 2.45) is 0 Å². The normalized spacial score (nSPS) is 10.4. The van der Waals surface area contributed by atoms with Crippen molar-refractivity contribution in [3.63, 3.8) is 0 Å². The quantitative estimate of drug-likeness (QED) is 0.469. The second kappa shape index (κ2) is 12.0. The first-order valence-electron chi connectivity index (χ1n) is 10.1. The van der Waals surface area contributed by atoms with Gasteiger partial charge in [-0.2, -0.15) is 0 Å². The maximum absolute atomic E-state index is 5.78. The van der Waals surface area contributed by atoms with Crippen molar-refractivity contribution < 1.29 is 9.47 Å². The highest BCUT2D eigenvalue weighted by Crippen LogP contribution is 2.11. The molecule has 0 heterocycles. The Morgan fingerprint density at radius 1 is 0.733 bits per heavy atom. The maximum Gasteiger partial charge on any atom is 0.166 e. The monoisotopic (exact) mass is 420 g/mol. The van der Waals surface area contributed by atoms with Crippen LogP contribution in [-0.4, -0.2) is 18.8 Å². The Morgan fingerprint density at radius 3 is 2.00 bits per heavy atom. The smallest absolute Gasteiger partial charge is 0.166 e. The predicted octanol–water partition coefficient (Wildman–Crippen LogP) is 4.62. The molecule has 0 saturated heterocycles. The van der Waals surface area contributed by atoms with Crippen LogP contribution in [0.25, 0.3) is 0 Å². The van der Waals surface area contributed by atoms with Gasteiger partial charge in [0.15, 0.2) is 5.11 Å². The number of benzene rings is 3. The van der Waals surface area contributed by atoms with Gasteiger partial charge in [0.25, 0.3) is 0 Å². The van der Waals surface area contributed by atoms with Crippen molar-refractivity contribution in [2.75, 3.05) is 13.7 Å². The summed E-state index contributed by atoms with van der Waals surface area (Å²) < 4.78 is 11.0. The van der Waals surface area contributed by atoms with Gasteiger partial charge in [0.1, 0.15) is 5.75 Å². The number of hydrogen-bond acceptors (Lipinski definition) is 3. The van der Waals surface area contributed by atoms with E-state index in [4.69, 9.17) is 21.7 Å². The molecule has 0 aliphatic carbocycles. The molecule has 0 radical (unpaired) electrons. The van der Waals surface area contributed by atoms with E-state index in [0.29, 0.717) is 24.9 Å². The lowest BCUT2D eigenvalue weighted by molar-refractivity contribution is 0.107. The fourth-order valence-corrected chi connectivity index (χ4v) is 3.15. The van der Waals surface area contributed by atoms with Gasteiger partial charge >= 0.3 is 0 Å². The fourth-order valence-electron chi connectivity index (χ4n) is 2.97. The molecule has 0 aromatic heterocycles. The maximum atomic E-state index is 5.78. The number of hydrogen-bond donors (Lipinski definition) is 2. The van der Waals surface area contributed by atoms with E-state index in [1.54, 1.807) is 7.11 Å². The van der Waals surface area contributed by atoms with E-state index in [0.717, 1.165) is 24.3 Å². The largest absolute Gasteiger partial charge is 0.497 e. The average molecular weight is 421 g/mol. The van der Waals surface area contributed by atoms with Gasteiger partial charge in [0.05, 0.1) is 20.3 Å². The van der Waals surface area contributed by atoms with Gasteiger partial charge in [-0.15, -0.1) is 0 Å². The van der Waals surface area contributed by atoms with Gasteiger partial charge in [-0.05, 0) is 53.0 Å². The molecule has 2 N–H and O–H groups in total. The minimum absolute atomic E-state index is 0.605. The molecule has 30 heavy (non-hydrogen) atoms. The van der Waals surface area contributed by atoms with Crippen LogP contribution in [-0.2, 0) is 30.9 Å². The molecule has 3 rings (SSSR count). The van der Waals surface area contributed by atoms with E-state index in [2.05, 4.69) is 59.2 Å². The molecule has 0 fully saturated rings. The molecular formula is C25H28N2O2S. The average Bonchev–Trinajstić information content (AvgIpc) is 2.80. The summed E-state index contributed by atoms with van der Waals surface area (Å²) in [6.07, 6.45) is 0.906. The standard InChI is InChI=1S/C25H28N2O2S/c1-28-24-13-11-20(12-14-24)15-16-26-25(30)27-17-21-7-9-23(10-8-21)19-29-18-22-5-3-2-4-6-22/h2-14H,15-19H2,1H3,(H2,26,27,30). The highest BCUT2D eigenvalue weighted by Gasteiger charge is 2.00. The molecule has 0 aliphatic rings. The van der Waals surface area contributed by atoms with Crippen molar-refractivity contribution in [3.05, 3.63) is 101 Å². The van der Waals surface area contributed by atoms with Crippen molar-refractivity contribution in [2.45, 2.75) is 26.2 Å². The SMILES string of the molecule is COc1ccc(CCNC(=S)NCc2ccc(COCc3ccccc3)cc2)cc1. The van der Waals surface area contributed by atoms with E-state index < -0.39 is 0 Å². The second-order valence-electron chi connectivity index (χ2n) is 7.00. The molecule has 0 spiro atoms. The lowest BCUT2D eigenvalue weighted by atomic mass is 10.1. The van der Waals surface area contributed by atoms with Crippen LogP contribution in [0.2, 0.25) is 0 Å². The highest BCUT2D eigenvalue weighted by atomic mass is 32.1. The predicted molar refractivity (Wildman–Crippen MR) is 126 cm³/mol. The fraction of sp³-hybridized carbons (Fsp3) is 0.240. The molecule has 0 bridgehead atoms. The number of methoxy groups -OCH3 is 1. The van der Waals surface area contributed by atoms with Crippen molar-refractivity contribution in [1.29, 1.82) is 0 Å². The minimum atomic E-state index is 0.605. The molecular weight excluding hydrogens is 392 g/mol. The topological polar surface area (TPSA) is 42.5 Å². The van der Waals surface area contributed by atoms with E-state index in [1.807, 2.05) is 30.3 Å². The van der Waals surface area contributed by atoms with Gasteiger partial charge in [0.2, 0.25) is 0 Å². The van der Waals surface area contributed by atoms with Gasteiger partial charge in [-0.1, -0.05) is 66.7 Å². The van der Waals surface area contributed by atoms with Crippen molar-refractivity contribution in [3.8, 4) is 5.75 Å². The second-order valence-corrected chi connectivity index (χ2v) is 7.41. The van der Waals surface area contributed by atoms with Gasteiger partial charge < -0.3 is 20.1 Å². The Bertz CT molecular complexity index is 897. The molecule has 0 amide bonds. The Kier molecular flexibility index (Phi) is 8.69.